The molecule has 20 heavy (non-hydrogen) atoms. The maximum absolute atomic E-state index is 13.7. The third-order valence-electron chi connectivity index (χ3n) is 2.45. The van der Waals surface area contributed by atoms with E-state index in [4.69, 9.17) is 5.11 Å². The highest BCUT2D eigenvalue weighted by molar-refractivity contribution is 7.09. The Morgan fingerprint density at radius 1 is 1.55 bits per heavy atom. The molecule has 0 saturated heterocycles. The predicted molar refractivity (Wildman–Crippen MR) is 69.5 cm³/mol. The lowest BCUT2D eigenvalue weighted by Gasteiger charge is -2.07. The Hall–Kier alpha value is -2.55. The van der Waals surface area contributed by atoms with Gasteiger partial charge < -0.3 is 10.4 Å². The molecule has 104 valence electrons. The lowest BCUT2D eigenvalue weighted by molar-refractivity contribution is -0.385. The van der Waals surface area contributed by atoms with E-state index < -0.39 is 28.0 Å². The van der Waals surface area contributed by atoms with Crippen LogP contribution in [-0.2, 0) is 6.54 Å². The number of hydrogen-bond acceptors (Lipinski definition) is 6. The molecule has 0 spiro atoms. The van der Waals surface area contributed by atoms with Crippen molar-refractivity contribution in [2.24, 2.45) is 0 Å². The van der Waals surface area contributed by atoms with E-state index in [0.29, 0.717) is 6.07 Å². The van der Waals surface area contributed by atoms with Crippen LogP contribution in [0.25, 0.3) is 0 Å². The number of aromatic nitrogens is 1. The van der Waals surface area contributed by atoms with Crippen molar-refractivity contribution in [3.63, 3.8) is 0 Å². The van der Waals surface area contributed by atoms with E-state index in [2.05, 4.69) is 10.3 Å². The standard InChI is InChI=1S/C11H8FN3O4S/c12-8-2-10(15(18)19)7(11(16)17)1-9(8)14-4-6-3-13-5-20-6/h1-3,5,14H,4H2,(H,16,17). The second-order valence-corrected chi connectivity index (χ2v) is 4.70. The molecule has 7 nitrogen and oxygen atoms in total. The van der Waals surface area contributed by atoms with Crippen LogP contribution in [-0.4, -0.2) is 21.0 Å². The van der Waals surface area contributed by atoms with E-state index in [-0.39, 0.29) is 12.2 Å². The van der Waals surface area contributed by atoms with Gasteiger partial charge in [0.25, 0.3) is 5.69 Å². The van der Waals surface area contributed by atoms with Crippen molar-refractivity contribution in [3.8, 4) is 0 Å². The van der Waals surface area contributed by atoms with Gasteiger partial charge in [-0.15, -0.1) is 11.3 Å². The fourth-order valence-electron chi connectivity index (χ4n) is 1.53. The largest absolute Gasteiger partial charge is 0.477 e. The molecular formula is C11H8FN3O4S. The zero-order valence-corrected chi connectivity index (χ0v) is 10.7. The molecule has 0 amide bonds. The molecule has 0 fully saturated rings. The van der Waals surface area contributed by atoms with Crippen molar-refractivity contribution in [3.05, 3.63) is 50.2 Å². The van der Waals surface area contributed by atoms with Crippen LogP contribution in [0.15, 0.2) is 23.8 Å². The van der Waals surface area contributed by atoms with Crippen LogP contribution in [0.5, 0.6) is 0 Å². The van der Waals surface area contributed by atoms with Crippen LogP contribution in [0.1, 0.15) is 15.2 Å². The summed E-state index contributed by atoms with van der Waals surface area (Å²) in [6.07, 6.45) is 1.58. The van der Waals surface area contributed by atoms with E-state index in [0.717, 1.165) is 10.9 Å². The predicted octanol–water partition coefficient (Wildman–Crippen LogP) is 2.50. The Morgan fingerprint density at radius 2 is 2.30 bits per heavy atom. The molecule has 1 aromatic heterocycles. The van der Waals surface area contributed by atoms with Gasteiger partial charge in [-0.2, -0.15) is 0 Å². The molecule has 1 aromatic carbocycles. The Balaban J connectivity index is 2.31. The number of benzene rings is 1. The molecule has 2 N–H and O–H groups in total. The van der Waals surface area contributed by atoms with Gasteiger partial charge in [-0.25, -0.2) is 9.18 Å². The van der Waals surface area contributed by atoms with E-state index in [1.54, 1.807) is 11.7 Å². The number of halogens is 1. The normalized spacial score (nSPS) is 10.2. The highest BCUT2D eigenvalue weighted by Gasteiger charge is 2.23. The zero-order chi connectivity index (χ0) is 14.7. The van der Waals surface area contributed by atoms with Crippen molar-refractivity contribution in [1.82, 2.24) is 4.98 Å². The molecule has 2 rings (SSSR count). The number of thiazole rings is 1. The monoisotopic (exact) mass is 297 g/mol. The highest BCUT2D eigenvalue weighted by Crippen LogP contribution is 2.26. The quantitative estimate of drug-likeness (QED) is 0.649. The molecule has 0 atom stereocenters. The van der Waals surface area contributed by atoms with Crippen LogP contribution < -0.4 is 5.32 Å². The van der Waals surface area contributed by atoms with Gasteiger partial charge in [0.15, 0.2) is 5.82 Å². The summed E-state index contributed by atoms with van der Waals surface area (Å²) >= 11 is 1.35. The summed E-state index contributed by atoms with van der Waals surface area (Å²) in [4.78, 5) is 25.4. The van der Waals surface area contributed by atoms with Crippen molar-refractivity contribution >= 4 is 28.7 Å². The van der Waals surface area contributed by atoms with Crippen molar-refractivity contribution in [2.75, 3.05) is 5.32 Å². The minimum absolute atomic E-state index is 0.110. The van der Waals surface area contributed by atoms with E-state index in [1.807, 2.05) is 0 Å². The minimum Gasteiger partial charge on any atom is -0.477 e. The number of nitro benzene ring substituents is 1. The smallest absolute Gasteiger partial charge is 0.342 e. The van der Waals surface area contributed by atoms with Crippen molar-refractivity contribution < 1.29 is 19.2 Å². The highest BCUT2D eigenvalue weighted by atomic mass is 32.1. The molecule has 1 heterocycles. The van der Waals surface area contributed by atoms with Crippen molar-refractivity contribution in [1.29, 1.82) is 0 Å². The van der Waals surface area contributed by atoms with E-state index in [1.165, 1.54) is 11.3 Å². The zero-order valence-electron chi connectivity index (χ0n) is 9.87. The molecule has 0 saturated carbocycles. The van der Waals surface area contributed by atoms with Gasteiger partial charge >= 0.3 is 5.97 Å². The van der Waals surface area contributed by atoms with E-state index in [9.17, 15) is 19.3 Å². The molecule has 0 aliphatic heterocycles. The lowest BCUT2D eigenvalue weighted by atomic mass is 10.1. The SMILES string of the molecule is O=C(O)c1cc(NCc2cncs2)c(F)cc1[N+](=O)[O-]. The van der Waals surface area contributed by atoms with Crippen molar-refractivity contribution in [2.45, 2.75) is 6.54 Å². The summed E-state index contributed by atoms with van der Waals surface area (Å²) in [5.74, 6) is -2.37. The molecule has 2 aromatic rings. The molecule has 0 aliphatic carbocycles. The third kappa shape index (κ3) is 2.88. The number of carbonyl (C=O) groups is 1. The third-order valence-corrected chi connectivity index (χ3v) is 3.23. The second kappa shape index (κ2) is 5.61. The molecule has 0 aliphatic rings. The average molecular weight is 297 g/mol. The number of aromatic carboxylic acids is 1. The Labute approximate surface area is 115 Å². The van der Waals surface area contributed by atoms with Gasteiger partial charge in [0, 0.05) is 11.1 Å². The number of hydrogen-bond donors (Lipinski definition) is 2. The fraction of sp³-hybridized carbons (Fsp3) is 0.0909. The maximum atomic E-state index is 13.7. The van der Waals surface area contributed by atoms with Crippen LogP contribution in [0.2, 0.25) is 0 Å². The second-order valence-electron chi connectivity index (χ2n) is 3.73. The number of nitrogens with zero attached hydrogens (tertiary/aromatic N) is 2. The first-order valence-electron chi connectivity index (χ1n) is 5.31. The van der Waals surface area contributed by atoms with Gasteiger partial charge in [0.05, 0.1) is 28.7 Å². The number of nitro groups is 1. The summed E-state index contributed by atoms with van der Waals surface area (Å²) in [5, 5.41) is 22.3. The van der Waals surface area contributed by atoms with Gasteiger partial charge in [-0.3, -0.25) is 15.1 Å². The number of rotatable bonds is 5. The van der Waals surface area contributed by atoms with Gasteiger partial charge in [-0.05, 0) is 6.07 Å². The number of anilines is 1. The Bertz CT molecular complexity index is 660. The first-order valence-corrected chi connectivity index (χ1v) is 6.19. The Kier molecular flexibility index (Phi) is 3.89. The average Bonchev–Trinajstić information content (AvgIpc) is 2.89. The molecule has 0 bridgehead atoms. The van der Waals surface area contributed by atoms with Crippen LogP contribution in [0.3, 0.4) is 0 Å². The first kappa shape index (κ1) is 13.9. The summed E-state index contributed by atoms with van der Waals surface area (Å²) in [6, 6.07) is 1.51. The summed E-state index contributed by atoms with van der Waals surface area (Å²) in [7, 11) is 0. The fourth-order valence-corrected chi connectivity index (χ4v) is 2.07. The number of carboxylic acid groups (broad SMARTS) is 1. The topological polar surface area (TPSA) is 105 Å². The van der Waals surface area contributed by atoms with Gasteiger partial charge in [-0.1, -0.05) is 0 Å². The number of nitrogens with one attached hydrogen (secondary N) is 1. The Morgan fingerprint density at radius 3 is 2.85 bits per heavy atom. The first-order chi connectivity index (χ1) is 9.49. The van der Waals surface area contributed by atoms with Crippen LogP contribution in [0, 0.1) is 15.9 Å². The van der Waals surface area contributed by atoms with Gasteiger partial charge in [0.1, 0.15) is 5.56 Å². The maximum Gasteiger partial charge on any atom is 0.342 e. The number of carboxylic acids is 1. The molecular weight excluding hydrogens is 289 g/mol. The molecule has 0 radical (unpaired) electrons. The summed E-state index contributed by atoms with van der Waals surface area (Å²) in [5.41, 5.74) is 0.147. The van der Waals surface area contributed by atoms with Crippen LogP contribution in [0.4, 0.5) is 15.8 Å². The molecule has 0 unspecified atom stereocenters. The summed E-state index contributed by atoms with van der Waals surface area (Å²) < 4.78 is 13.7. The van der Waals surface area contributed by atoms with E-state index >= 15 is 0 Å². The lowest BCUT2D eigenvalue weighted by Crippen LogP contribution is -2.07. The minimum atomic E-state index is -1.49. The van der Waals surface area contributed by atoms with Gasteiger partial charge in [0.2, 0.25) is 0 Å². The van der Waals surface area contributed by atoms with Crippen LogP contribution >= 0.6 is 11.3 Å². The molecule has 9 heteroatoms. The summed E-state index contributed by atoms with van der Waals surface area (Å²) in [6.45, 7) is 0.248.